The highest BCUT2D eigenvalue weighted by Gasteiger charge is 2.15. The summed E-state index contributed by atoms with van der Waals surface area (Å²) in [5.74, 6) is 2.82. The molecule has 0 radical (unpaired) electrons. The van der Waals surface area contributed by atoms with E-state index in [1.54, 1.807) is 0 Å². The van der Waals surface area contributed by atoms with Gasteiger partial charge in [0.1, 0.15) is 0 Å². The summed E-state index contributed by atoms with van der Waals surface area (Å²) in [7, 11) is 0. The first-order valence-electron chi connectivity index (χ1n) is 3.60. The van der Waals surface area contributed by atoms with E-state index in [4.69, 9.17) is 11.6 Å². The van der Waals surface area contributed by atoms with E-state index in [0.717, 1.165) is 17.9 Å². The van der Waals surface area contributed by atoms with E-state index in [9.17, 15) is 0 Å². The molecule has 0 atom stereocenters. The van der Waals surface area contributed by atoms with Crippen LogP contribution in [0.25, 0.3) is 0 Å². The highest BCUT2D eigenvalue weighted by Crippen LogP contribution is 2.25. The maximum absolute atomic E-state index is 5.71. The summed E-state index contributed by atoms with van der Waals surface area (Å²) in [6.07, 6.45) is 1.11. The zero-order valence-electron chi connectivity index (χ0n) is 6.06. The zero-order chi connectivity index (χ0) is 7.68. The van der Waals surface area contributed by atoms with Gasteiger partial charge in [-0.3, -0.25) is 5.10 Å². The maximum Gasteiger partial charge on any atom is 0.0812 e. The molecule has 4 heteroatoms. The average molecular weight is 189 g/mol. The molecule has 0 saturated heterocycles. The number of alkyl halides is 1. The normalized spacial score (nSPS) is 16.5. The lowest BCUT2D eigenvalue weighted by molar-refractivity contribution is 0.957. The molecule has 1 aliphatic heterocycles. The van der Waals surface area contributed by atoms with E-state index < -0.39 is 0 Å². The number of aryl methyl sites for hydroxylation is 1. The quantitative estimate of drug-likeness (QED) is 0.683. The smallest absolute Gasteiger partial charge is 0.0812 e. The number of hydrogen-bond acceptors (Lipinski definition) is 2. The summed E-state index contributed by atoms with van der Waals surface area (Å²) in [5, 5.41) is 7.18. The highest BCUT2D eigenvalue weighted by molar-refractivity contribution is 7.98. The standard InChI is InChI=1S/C7H9ClN2S/c8-3-7-5-4-11-2-1-6(5)9-10-7/h1-4H2,(H,9,10). The third kappa shape index (κ3) is 1.27. The van der Waals surface area contributed by atoms with Crippen LogP contribution in [0.5, 0.6) is 0 Å². The summed E-state index contributed by atoms with van der Waals surface area (Å²) < 4.78 is 0. The second kappa shape index (κ2) is 3.07. The number of hydrogen-bond donors (Lipinski definition) is 1. The van der Waals surface area contributed by atoms with Crippen LogP contribution in [0.1, 0.15) is 17.0 Å². The van der Waals surface area contributed by atoms with Gasteiger partial charge in [-0.25, -0.2) is 0 Å². The van der Waals surface area contributed by atoms with Crippen molar-refractivity contribution in [2.24, 2.45) is 0 Å². The molecule has 0 fully saturated rings. The van der Waals surface area contributed by atoms with Crippen molar-refractivity contribution >= 4 is 23.4 Å². The summed E-state index contributed by atoms with van der Waals surface area (Å²) in [4.78, 5) is 0. The first-order chi connectivity index (χ1) is 5.42. The molecular formula is C7H9ClN2S. The van der Waals surface area contributed by atoms with Crippen molar-refractivity contribution in [2.45, 2.75) is 18.1 Å². The highest BCUT2D eigenvalue weighted by atomic mass is 35.5. The van der Waals surface area contributed by atoms with Crippen molar-refractivity contribution < 1.29 is 0 Å². The number of rotatable bonds is 1. The van der Waals surface area contributed by atoms with Gasteiger partial charge in [0, 0.05) is 17.0 Å². The molecule has 1 aliphatic rings. The van der Waals surface area contributed by atoms with Gasteiger partial charge >= 0.3 is 0 Å². The molecule has 2 nitrogen and oxygen atoms in total. The fourth-order valence-corrected chi connectivity index (χ4v) is 2.54. The topological polar surface area (TPSA) is 28.7 Å². The number of aromatic amines is 1. The predicted octanol–water partition coefficient (Wildman–Crippen LogP) is 1.94. The Morgan fingerprint density at radius 2 is 2.55 bits per heavy atom. The fourth-order valence-electron chi connectivity index (χ4n) is 1.28. The SMILES string of the molecule is ClCc1n[nH]c2c1CSCC2. The van der Waals surface area contributed by atoms with Crippen molar-refractivity contribution in [1.82, 2.24) is 10.2 Å². The molecule has 1 aromatic heterocycles. The van der Waals surface area contributed by atoms with Gasteiger partial charge in [0.05, 0.1) is 11.6 Å². The van der Waals surface area contributed by atoms with Crippen molar-refractivity contribution in [2.75, 3.05) is 5.75 Å². The molecule has 0 bridgehead atoms. The van der Waals surface area contributed by atoms with Crippen molar-refractivity contribution in [1.29, 1.82) is 0 Å². The van der Waals surface area contributed by atoms with E-state index in [1.807, 2.05) is 11.8 Å². The molecule has 0 spiro atoms. The fraction of sp³-hybridized carbons (Fsp3) is 0.571. The maximum atomic E-state index is 5.71. The van der Waals surface area contributed by atoms with Gasteiger partial charge in [0.25, 0.3) is 0 Å². The van der Waals surface area contributed by atoms with Crippen LogP contribution in [-0.4, -0.2) is 16.0 Å². The molecule has 1 aromatic rings. The molecule has 2 heterocycles. The Labute approximate surface area is 74.7 Å². The van der Waals surface area contributed by atoms with E-state index in [0.29, 0.717) is 5.88 Å². The number of nitrogens with one attached hydrogen (secondary N) is 1. The summed E-state index contributed by atoms with van der Waals surface area (Å²) in [5.41, 5.74) is 3.67. The molecule has 60 valence electrons. The van der Waals surface area contributed by atoms with Gasteiger partial charge < -0.3 is 0 Å². The number of halogens is 1. The van der Waals surface area contributed by atoms with Crippen LogP contribution in [0, 0.1) is 0 Å². The van der Waals surface area contributed by atoms with Crippen LogP contribution in [0.15, 0.2) is 0 Å². The Morgan fingerprint density at radius 3 is 3.36 bits per heavy atom. The minimum atomic E-state index is 0.534. The minimum Gasteiger partial charge on any atom is -0.282 e. The van der Waals surface area contributed by atoms with Crippen molar-refractivity contribution in [3.63, 3.8) is 0 Å². The van der Waals surface area contributed by atoms with Crippen LogP contribution >= 0.6 is 23.4 Å². The Bertz CT molecular complexity index is 245. The van der Waals surface area contributed by atoms with Gasteiger partial charge in [0.2, 0.25) is 0 Å². The summed E-state index contributed by atoms with van der Waals surface area (Å²) in [6, 6.07) is 0. The lowest BCUT2D eigenvalue weighted by Gasteiger charge is -2.09. The van der Waals surface area contributed by atoms with Gasteiger partial charge in [-0.15, -0.1) is 11.6 Å². The lowest BCUT2D eigenvalue weighted by Crippen LogP contribution is -2.01. The molecule has 0 amide bonds. The number of nitrogens with zero attached hydrogens (tertiary/aromatic N) is 1. The molecular weight excluding hydrogens is 180 g/mol. The second-order valence-electron chi connectivity index (χ2n) is 2.56. The van der Waals surface area contributed by atoms with Crippen LogP contribution in [0.2, 0.25) is 0 Å². The Kier molecular flexibility index (Phi) is 2.09. The third-order valence-electron chi connectivity index (χ3n) is 1.91. The first kappa shape index (κ1) is 7.50. The average Bonchev–Trinajstić information content (AvgIpc) is 2.47. The number of H-pyrrole nitrogens is 1. The molecule has 11 heavy (non-hydrogen) atoms. The summed E-state index contributed by atoms with van der Waals surface area (Å²) in [6.45, 7) is 0. The van der Waals surface area contributed by atoms with E-state index in [-0.39, 0.29) is 0 Å². The molecule has 1 N–H and O–H groups in total. The lowest BCUT2D eigenvalue weighted by atomic mass is 10.2. The van der Waals surface area contributed by atoms with Gasteiger partial charge in [-0.2, -0.15) is 16.9 Å². The molecule has 0 aliphatic carbocycles. The third-order valence-corrected chi connectivity index (χ3v) is 3.15. The second-order valence-corrected chi connectivity index (χ2v) is 3.94. The summed E-state index contributed by atoms with van der Waals surface area (Å²) >= 11 is 7.67. The monoisotopic (exact) mass is 188 g/mol. The number of fused-ring (bicyclic) bond motifs is 1. The minimum absolute atomic E-state index is 0.534. The van der Waals surface area contributed by atoms with Gasteiger partial charge in [0.15, 0.2) is 0 Å². The van der Waals surface area contributed by atoms with Gasteiger partial charge in [-0.1, -0.05) is 0 Å². The van der Waals surface area contributed by atoms with Crippen molar-refractivity contribution in [3.8, 4) is 0 Å². The molecule has 0 saturated carbocycles. The van der Waals surface area contributed by atoms with Crippen molar-refractivity contribution in [3.05, 3.63) is 17.0 Å². The molecule has 2 rings (SSSR count). The van der Waals surface area contributed by atoms with Crippen LogP contribution in [0.3, 0.4) is 0 Å². The number of thioether (sulfide) groups is 1. The van der Waals surface area contributed by atoms with Gasteiger partial charge in [-0.05, 0) is 12.2 Å². The zero-order valence-corrected chi connectivity index (χ0v) is 7.63. The van der Waals surface area contributed by atoms with Crippen LogP contribution in [0.4, 0.5) is 0 Å². The Hall–Kier alpha value is -0.150. The Balaban J connectivity index is 2.38. The van der Waals surface area contributed by atoms with E-state index in [2.05, 4.69) is 10.2 Å². The Morgan fingerprint density at radius 1 is 1.64 bits per heavy atom. The van der Waals surface area contributed by atoms with E-state index >= 15 is 0 Å². The van der Waals surface area contributed by atoms with E-state index in [1.165, 1.54) is 17.0 Å². The predicted molar refractivity (Wildman–Crippen MR) is 48.0 cm³/mol. The molecule has 0 unspecified atom stereocenters. The van der Waals surface area contributed by atoms with Crippen LogP contribution in [-0.2, 0) is 18.1 Å². The first-order valence-corrected chi connectivity index (χ1v) is 5.29. The van der Waals surface area contributed by atoms with Crippen LogP contribution < -0.4 is 0 Å². The largest absolute Gasteiger partial charge is 0.282 e. The number of aromatic nitrogens is 2. The molecule has 0 aromatic carbocycles.